The molecule has 0 radical (unpaired) electrons. The second kappa shape index (κ2) is 15.8. The summed E-state index contributed by atoms with van der Waals surface area (Å²) in [5.41, 5.74) is 8.10. The summed E-state index contributed by atoms with van der Waals surface area (Å²) in [7, 11) is 5.79. The highest BCUT2D eigenvalue weighted by molar-refractivity contribution is 6.04. The SMILES string of the molecule is CCOC(=O)CCCCc1ccc(C(=C2C=CC(=[N+](CCO)CCOC)C=C2)c2ccc(N(C)C)cc2)cc1. The fourth-order valence-corrected chi connectivity index (χ4v) is 4.63. The molecule has 0 bridgehead atoms. The summed E-state index contributed by atoms with van der Waals surface area (Å²) < 4.78 is 12.4. The third kappa shape index (κ3) is 9.05. The average Bonchev–Trinajstić information content (AvgIpc) is 2.95. The van der Waals surface area contributed by atoms with Crippen molar-refractivity contribution in [1.82, 2.24) is 0 Å². The number of unbranched alkanes of at least 4 members (excludes halogenated alkanes) is 1. The van der Waals surface area contributed by atoms with Crippen LogP contribution >= 0.6 is 0 Å². The molecule has 1 aliphatic carbocycles. The number of ether oxygens (including phenoxy) is 2. The number of hydrogen-bond donors (Lipinski definition) is 1. The lowest BCUT2D eigenvalue weighted by Gasteiger charge is -2.17. The summed E-state index contributed by atoms with van der Waals surface area (Å²) in [5, 5.41) is 9.52. The van der Waals surface area contributed by atoms with Gasteiger partial charge in [-0.3, -0.25) is 4.79 Å². The highest BCUT2D eigenvalue weighted by Crippen LogP contribution is 2.31. The molecule has 0 heterocycles. The maximum Gasteiger partial charge on any atom is 0.305 e. The van der Waals surface area contributed by atoms with Gasteiger partial charge in [0.05, 0.1) is 6.61 Å². The molecule has 0 saturated heterocycles. The number of carbonyl (C=O) groups excluding carboxylic acids is 1. The summed E-state index contributed by atoms with van der Waals surface area (Å²) >= 11 is 0. The lowest BCUT2D eigenvalue weighted by Crippen LogP contribution is -2.26. The number of rotatable bonds is 14. The number of anilines is 1. The number of aryl methyl sites for hydroxylation is 1. The van der Waals surface area contributed by atoms with Crippen molar-refractivity contribution in [3.05, 3.63) is 95.1 Å². The quantitative estimate of drug-likeness (QED) is 0.210. The van der Waals surface area contributed by atoms with E-state index in [1.54, 1.807) is 7.11 Å². The Hall–Kier alpha value is -3.48. The van der Waals surface area contributed by atoms with E-state index >= 15 is 0 Å². The predicted octanol–water partition coefficient (Wildman–Crippen LogP) is 5.05. The van der Waals surface area contributed by atoms with Crippen molar-refractivity contribution in [3.8, 4) is 0 Å². The van der Waals surface area contributed by atoms with Crippen molar-refractivity contribution in [3.63, 3.8) is 0 Å². The number of aliphatic hydroxyl groups is 1. The number of allylic oxidation sites excluding steroid dienone is 5. The number of nitrogens with zero attached hydrogens (tertiary/aromatic N) is 2. The van der Waals surface area contributed by atoms with Crippen LogP contribution in [0.5, 0.6) is 0 Å². The Balaban J connectivity index is 1.88. The first-order chi connectivity index (χ1) is 19.0. The molecule has 0 spiro atoms. The molecule has 0 amide bonds. The van der Waals surface area contributed by atoms with E-state index in [0.717, 1.165) is 53.9 Å². The van der Waals surface area contributed by atoms with Crippen LogP contribution in [0.15, 0.2) is 78.4 Å². The van der Waals surface area contributed by atoms with E-state index in [-0.39, 0.29) is 12.6 Å². The van der Waals surface area contributed by atoms with Crippen molar-refractivity contribution in [2.45, 2.75) is 32.6 Å². The van der Waals surface area contributed by atoms with E-state index in [0.29, 0.717) is 26.2 Å². The smallest absolute Gasteiger partial charge is 0.305 e. The van der Waals surface area contributed by atoms with E-state index in [2.05, 4.69) is 82.3 Å². The van der Waals surface area contributed by atoms with E-state index in [9.17, 15) is 9.90 Å². The first kappa shape index (κ1) is 30.1. The molecule has 0 aliphatic heterocycles. The van der Waals surface area contributed by atoms with Crippen molar-refractivity contribution in [1.29, 1.82) is 0 Å². The number of methoxy groups -OCH3 is 1. The van der Waals surface area contributed by atoms with Crippen LogP contribution in [0.2, 0.25) is 0 Å². The summed E-state index contributed by atoms with van der Waals surface area (Å²) in [4.78, 5) is 13.7. The molecule has 2 aromatic carbocycles. The highest BCUT2D eigenvalue weighted by atomic mass is 16.5. The van der Waals surface area contributed by atoms with E-state index in [1.807, 2.05) is 21.0 Å². The molecular formula is C33H43N2O4+. The minimum absolute atomic E-state index is 0.0935. The van der Waals surface area contributed by atoms with Crippen molar-refractivity contribution < 1.29 is 24.0 Å². The maximum absolute atomic E-state index is 11.6. The van der Waals surface area contributed by atoms with Gasteiger partial charge in [0.1, 0.15) is 13.2 Å². The van der Waals surface area contributed by atoms with E-state index in [4.69, 9.17) is 9.47 Å². The Morgan fingerprint density at radius 2 is 1.54 bits per heavy atom. The lowest BCUT2D eigenvalue weighted by molar-refractivity contribution is -0.531. The first-order valence-electron chi connectivity index (χ1n) is 13.8. The molecule has 6 nitrogen and oxygen atoms in total. The Labute approximate surface area is 233 Å². The maximum atomic E-state index is 11.6. The molecule has 3 rings (SSSR count). The van der Waals surface area contributed by atoms with Crippen LogP contribution < -0.4 is 4.90 Å². The third-order valence-corrected chi connectivity index (χ3v) is 6.77. The topological polar surface area (TPSA) is 62.0 Å². The van der Waals surface area contributed by atoms with Gasteiger partial charge in [0.15, 0.2) is 18.8 Å². The summed E-state index contributed by atoms with van der Waals surface area (Å²) in [6.07, 6.45) is 11.7. The van der Waals surface area contributed by atoms with E-state index in [1.165, 1.54) is 11.1 Å². The molecule has 6 heteroatoms. The van der Waals surface area contributed by atoms with Gasteiger partial charge in [-0.15, -0.1) is 0 Å². The normalized spacial score (nSPS) is 12.5. The van der Waals surface area contributed by atoms with Gasteiger partial charge in [0.2, 0.25) is 0 Å². The van der Waals surface area contributed by atoms with E-state index < -0.39 is 0 Å². The molecule has 208 valence electrons. The Morgan fingerprint density at radius 1 is 0.897 bits per heavy atom. The van der Waals surface area contributed by atoms with Crippen LogP contribution in [0.1, 0.15) is 42.9 Å². The number of carbonyl (C=O) groups is 1. The van der Waals surface area contributed by atoms with Gasteiger partial charge in [-0.2, -0.15) is 0 Å². The summed E-state index contributed by atoms with van der Waals surface area (Å²) in [5.74, 6) is -0.114. The van der Waals surface area contributed by atoms with Gasteiger partial charge >= 0.3 is 5.97 Å². The van der Waals surface area contributed by atoms with Gasteiger partial charge in [-0.05, 0) is 78.3 Å². The zero-order valence-corrected chi connectivity index (χ0v) is 23.9. The molecule has 0 unspecified atom stereocenters. The Kier molecular flexibility index (Phi) is 12.2. The molecule has 0 saturated carbocycles. The number of hydrogen-bond acceptors (Lipinski definition) is 5. The fraction of sp³-hybridized carbons (Fsp3) is 0.394. The molecule has 0 aromatic heterocycles. The van der Waals surface area contributed by atoms with Gasteiger partial charge in [-0.25, -0.2) is 4.58 Å². The Morgan fingerprint density at radius 3 is 2.10 bits per heavy atom. The molecule has 2 aromatic rings. The van der Waals surface area contributed by atoms with Crippen molar-refractivity contribution >= 4 is 22.9 Å². The van der Waals surface area contributed by atoms with Crippen molar-refractivity contribution in [2.75, 3.05) is 59.0 Å². The standard InChI is InChI=1S/C33H43N2O4/c1-5-39-32(37)9-7-6-8-26-10-12-27(13-11-26)33(28-14-18-30(19-15-28)34(2)3)29-16-20-31(21-17-29)35(22-24-36)23-25-38-4/h10-21,36H,5-9,22-25H2,1-4H3/q+1. The number of aliphatic hydroxyl groups excluding tert-OH is 1. The second-order valence-corrected chi connectivity index (χ2v) is 9.78. The lowest BCUT2D eigenvalue weighted by atomic mass is 9.90. The average molecular weight is 532 g/mol. The van der Waals surface area contributed by atoms with Crippen LogP contribution in [0.25, 0.3) is 5.57 Å². The fourth-order valence-electron chi connectivity index (χ4n) is 4.63. The van der Waals surface area contributed by atoms with Gasteiger partial charge < -0.3 is 19.5 Å². The van der Waals surface area contributed by atoms with Crippen LogP contribution in [0.3, 0.4) is 0 Å². The van der Waals surface area contributed by atoms with Gasteiger partial charge in [0.25, 0.3) is 0 Å². The molecule has 0 atom stereocenters. The van der Waals surface area contributed by atoms with Gasteiger partial charge in [0, 0.05) is 45.5 Å². The largest absolute Gasteiger partial charge is 0.466 e. The summed E-state index contributed by atoms with van der Waals surface area (Å²) in [6.45, 7) is 4.26. The van der Waals surface area contributed by atoms with Gasteiger partial charge in [-0.1, -0.05) is 36.4 Å². The molecule has 1 N–H and O–H groups in total. The highest BCUT2D eigenvalue weighted by Gasteiger charge is 2.16. The van der Waals surface area contributed by atoms with Crippen LogP contribution in [-0.4, -0.2) is 75.5 Å². The number of esters is 1. The monoisotopic (exact) mass is 531 g/mol. The number of benzene rings is 2. The molecule has 39 heavy (non-hydrogen) atoms. The third-order valence-electron chi connectivity index (χ3n) is 6.77. The minimum atomic E-state index is -0.114. The molecule has 1 aliphatic rings. The second-order valence-electron chi connectivity index (χ2n) is 9.78. The molecular weight excluding hydrogens is 488 g/mol. The van der Waals surface area contributed by atoms with Crippen LogP contribution in [0, 0.1) is 0 Å². The summed E-state index contributed by atoms with van der Waals surface area (Å²) in [6, 6.07) is 17.4. The predicted molar refractivity (Wildman–Crippen MR) is 160 cm³/mol. The Bertz CT molecular complexity index is 1170. The minimum Gasteiger partial charge on any atom is -0.466 e. The molecule has 0 fully saturated rings. The van der Waals surface area contributed by atoms with Crippen LogP contribution in [-0.2, 0) is 20.7 Å². The van der Waals surface area contributed by atoms with Crippen molar-refractivity contribution in [2.24, 2.45) is 0 Å². The van der Waals surface area contributed by atoms with Crippen LogP contribution in [0.4, 0.5) is 5.69 Å². The first-order valence-corrected chi connectivity index (χ1v) is 13.8. The zero-order chi connectivity index (χ0) is 28.0. The zero-order valence-electron chi connectivity index (χ0n) is 23.9.